The highest BCUT2D eigenvalue weighted by atomic mass is 28.2. The highest BCUT2D eigenvalue weighted by Gasteiger charge is 2.36. The molecule has 0 spiro atoms. The first-order valence-electron chi connectivity index (χ1n) is 8.21. The normalized spacial score (nSPS) is 13.3. The third kappa shape index (κ3) is 8.06. The van der Waals surface area contributed by atoms with Crippen LogP contribution < -0.4 is 0 Å². The summed E-state index contributed by atoms with van der Waals surface area (Å²) < 4.78 is 92.7. The minimum absolute atomic E-state index is 0.00677. The van der Waals surface area contributed by atoms with Crippen molar-refractivity contribution >= 4 is 9.76 Å². The first kappa shape index (κ1) is 22.9. The van der Waals surface area contributed by atoms with Crippen molar-refractivity contribution in [3.8, 4) is 0 Å². The van der Waals surface area contributed by atoms with E-state index in [4.69, 9.17) is 13.9 Å². The summed E-state index contributed by atoms with van der Waals surface area (Å²) in [6, 6.07) is 2.24. The average Bonchev–Trinajstić information content (AvgIpc) is 2.53. The van der Waals surface area contributed by atoms with Gasteiger partial charge in [0.1, 0.15) is 0 Å². The molecule has 0 atom stereocenters. The van der Waals surface area contributed by atoms with Crippen LogP contribution >= 0.6 is 0 Å². The maximum Gasteiger partial charge on any atom is 0.416 e. The van der Waals surface area contributed by atoms with Gasteiger partial charge in [0.2, 0.25) is 0 Å². The van der Waals surface area contributed by atoms with Gasteiger partial charge in [-0.1, -0.05) is 6.42 Å². The molecule has 0 radical (unpaired) electrons. The first-order valence-corrected chi connectivity index (χ1v) is 9.78. The van der Waals surface area contributed by atoms with E-state index in [1.165, 1.54) is 0 Å². The lowest BCUT2D eigenvalue weighted by Gasteiger charge is -2.17. The molecule has 0 amide bonds. The Labute approximate surface area is 150 Å². The molecule has 0 fully saturated rings. The van der Waals surface area contributed by atoms with E-state index < -0.39 is 39.7 Å². The standard InChI is InChI=1S/C16H22F6O3Si/c1-3-23-14(24-4-2)25-26-7-5-6-11-8-12(15(17,18)19)10-13(9-11)16(20,21)22/h8-10,14H,3-7,26H2,1-2H3. The van der Waals surface area contributed by atoms with Crippen molar-refractivity contribution in [1.82, 2.24) is 0 Å². The van der Waals surface area contributed by atoms with Crippen LogP contribution in [0, 0.1) is 0 Å². The first-order chi connectivity index (χ1) is 12.1. The van der Waals surface area contributed by atoms with E-state index in [2.05, 4.69) is 0 Å². The van der Waals surface area contributed by atoms with E-state index in [1.807, 2.05) is 0 Å². The van der Waals surface area contributed by atoms with Gasteiger partial charge in [-0.15, -0.1) is 0 Å². The van der Waals surface area contributed by atoms with Gasteiger partial charge in [-0.05, 0) is 50.1 Å². The smallest absolute Gasteiger partial charge is 0.379 e. The molecule has 0 saturated heterocycles. The van der Waals surface area contributed by atoms with E-state index in [-0.39, 0.29) is 18.1 Å². The molecule has 26 heavy (non-hydrogen) atoms. The Balaban J connectivity index is 2.64. The van der Waals surface area contributed by atoms with Crippen LogP contribution in [0.25, 0.3) is 0 Å². The molecule has 1 aromatic rings. The van der Waals surface area contributed by atoms with Crippen molar-refractivity contribution in [2.75, 3.05) is 13.2 Å². The molecule has 0 N–H and O–H groups in total. The predicted molar refractivity (Wildman–Crippen MR) is 86.2 cm³/mol. The summed E-state index contributed by atoms with van der Waals surface area (Å²) in [5.74, 6) is 0. The Hall–Kier alpha value is -1.10. The third-order valence-electron chi connectivity index (χ3n) is 3.37. The van der Waals surface area contributed by atoms with Gasteiger partial charge in [-0.3, -0.25) is 0 Å². The lowest BCUT2D eigenvalue weighted by atomic mass is 10.0. The molecule has 0 unspecified atom stereocenters. The van der Waals surface area contributed by atoms with Crippen molar-refractivity contribution < 1.29 is 40.2 Å². The average molecular weight is 404 g/mol. The fraction of sp³-hybridized carbons (Fsp3) is 0.625. The number of ether oxygens (including phenoxy) is 2. The Bertz CT molecular complexity index is 510. The minimum Gasteiger partial charge on any atom is -0.379 e. The van der Waals surface area contributed by atoms with Crippen molar-refractivity contribution in [3.63, 3.8) is 0 Å². The summed E-state index contributed by atoms with van der Waals surface area (Å²) in [7, 11) is -1.06. The number of halogens is 6. The number of alkyl halides is 6. The predicted octanol–water partition coefficient (Wildman–Crippen LogP) is 4.53. The fourth-order valence-corrected chi connectivity index (χ4v) is 3.20. The summed E-state index contributed by atoms with van der Waals surface area (Å²) >= 11 is 0. The zero-order valence-corrected chi connectivity index (χ0v) is 16.0. The van der Waals surface area contributed by atoms with E-state index in [1.54, 1.807) is 13.8 Å². The monoisotopic (exact) mass is 404 g/mol. The number of hydrogen-bond acceptors (Lipinski definition) is 3. The second kappa shape index (κ2) is 10.3. The van der Waals surface area contributed by atoms with E-state index >= 15 is 0 Å². The van der Waals surface area contributed by atoms with Crippen LogP contribution in [-0.2, 0) is 32.7 Å². The molecule has 0 aliphatic carbocycles. The Kier molecular flexibility index (Phi) is 9.08. The van der Waals surface area contributed by atoms with Crippen LogP contribution in [0.15, 0.2) is 18.2 Å². The van der Waals surface area contributed by atoms with Gasteiger partial charge in [0, 0.05) is 13.2 Å². The molecule has 3 nitrogen and oxygen atoms in total. The van der Waals surface area contributed by atoms with Crippen molar-refractivity contribution in [1.29, 1.82) is 0 Å². The van der Waals surface area contributed by atoms with Crippen LogP contribution in [0.2, 0.25) is 6.04 Å². The molecule has 0 heterocycles. The topological polar surface area (TPSA) is 27.7 Å². The summed E-state index contributed by atoms with van der Waals surface area (Å²) in [5.41, 5.74) is -2.57. The van der Waals surface area contributed by atoms with Gasteiger partial charge in [0.25, 0.3) is 6.48 Å². The molecule has 0 aliphatic rings. The molecule has 0 aliphatic heterocycles. The summed E-state index contributed by atoms with van der Waals surface area (Å²) in [5, 5.41) is 0. The van der Waals surface area contributed by atoms with Crippen molar-refractivity contribution in [2.24, 2.45) is 0 Å². The second-order valence-electron chi connectivity index (χ2n) is 5.44. The Morgan fingerprint density at radius 3 is 1.81 bits per heavy atom. The Morgan fingerprint density at radius 1 is 0.885 bits per heavy atom. The van der Waals surface area contributed by atoms with Gasteiger partial charge in [0.15, 0.2) is 9.76 Å². The van der Waals surface area contributed by atoms with Gasteiger partial charge in [-0.2, -0.15) is 26.3 Å². The second-order valence-corrected chi connectivity index (χ2v) is 6.89. The van der Waals surface area contributed by atoms with E-state index in [0.717, 1.165) is 12.1 Å². The van der Waals surface area contributed by atoms with Crippen LogP contribution in [-0.4, -0.2) is 29.5 Å². The molecule has 0 bridgehead atoms. The fourth-order valence-electron chi connectivity index (χ4n) is 2.19. The quantitative estimate of drug-likeness (QED) is 0.248. The minimum atomic E-state index is -4.82. The van der Waals surface area contributed by atoms with Crippen molar-refractivity contribution in [3.05, 3.63) is 34.9 Å². The molecular formula is C16H22F6O3Si. The van der Waals surface area contributed by atoms with Gasteiger partial charge >= 0.3 is 12.4 Å². The number of rotatable bonds is 10. The summed E-state index contributed by atoms with van der Waals surface area (Å²) in [6.45, 7) is 3.61. The molecule has 0 saturated carbocycles. The highest BCUT2D eigenvalue weighted by molar-refractivity contribution is 6.27. The number of benzene rings is 1. The third-order valence-corrected chi connectivity index (χ3v) is 4.66. The molecule has 0 aromatic heterocycles. The molecule has 1 aromatic carbocycles. The zero-order chi connectivity index (χ0) is 19.8. The van der Waals surface area contributed by atoms with Crippen molar-refractivity contribution in [2.45, 2.75) is 51.6 Å². The van der Waals surface area contributed by atoms with Crippen LogP contribution in [0.5, 0.6) is 0 Å². The Morgan fingerprint density at radius 2 is 1.38 bits per heavy atom. The summed E-state index contributed by atoms with van der Waals surface area (Å²) in [4.78, 5) is 0. The van der Waals surface area contributed by atoms with Gasteiger partial charge in [0.05, 0.1) is 11.1 Å². The molecule has 150 valence electrons. The number of aryl methyl sites for hydroxylation is 1. The lowest BCUT2D eigenvalue weighted by Crippen LogP contribution is -2.23. The van der Waals surface area contributed by atoms with Crippen LogP contribution in [0.3, 0.4) is 0 Å². The van der Waals surface area contributed by atoms with Gasteiger partial charge in [-0.25, -0.2) is 0 Å². The maximum atomic E-state index is 12.8. The molecule has 10 heteroatoms. The van der Waals surface area contributed by atoms with E-state index in [9.17, 15) is 26.3 Å². The van der Waals surface area contributed by atoms with Crippen LogP contribution in [0.4, 0.5) is 26.3 Å². The SMILES string of the molecule is CCOC(OCC)O[SiH2]CCCc1cc(C(F)(F)F)cc(C(F)(F)F)c1. The molecule has 1 rings (SSSR count). The van der Waals surface area contributed by atoms with Crippen LogP contribution in [0.1, 0.15) is 37.0 Å². The maximum absolute atomic E-state index is 12.8. The molecular weight excluding hydrogens is 382 g/mol. The number of hydrogen-bond donors (Lipinski definition) is 0. The summed E-state index contributed by atoms with van der Waals surface area (Å²) in [6.07, 6.45) is -9.11. The lowest BCUT2D eigenvalue weighted by molar-refractivity contribution is -0.243. The van der Waals surface area contributed by atoms with E-state index in [0.29, 0.717) is 25.7 Å². The zero-order valence-electron chi connectivity index (χ0n) is 14.5. The largest absolute Gasteiger partial charge is 0.416 e. The highest BCUT2D eigenvalue weighted by Crippen LogP contribution is 2.36. The van der Waals surface area contributed by atoms with Gasteiger partial charge < -0.3 is 13.9 Å².